The maximum Gasteiger partial charge on any atom is 0.243 e. The number of para-hydroxylation sites is 1. The van der Waals surface area contributed by atoms with Gasteiger partial charge in [-0.15, -0.1) is 0 Å². The molecule has 3 N–H and O–H groups in total. The van der Waals surface area contributed by atoms with Crippen molar-refractivity contribution in [2.45, 2.75) is 45.7 Å². The summed E-state index contributed by atoms with van der Waals surface area (Å²) in [6.07, 6.45) is 5.45. The van der Waals surface area contributed by atoms with E-state index in [-0.39, 0.29) is 23.4 Å². The average Bonchev–Trinajstić information content (AvgIpc) is 3.21. The minimum Gasteiger partial charge on any atom is -0.373 e. The standard InChI is InChI=1S/C23H30N6O/c1-23(2,3)19(27-16-8-5-4-6-9-16)22(30)28-17-10-7-13-29(14-17)21-18-11-12-24-20(18)25-15-26-21/h4-6,8-9,11-12,15,17,19,27H,7,10,13-14H2,1-3H3,(H,28,30)(H,24,25,26)/t17-,19+/m1/s1. The second-order valence-electron chi connectivity index (χ2n) is 9.04. The predicted octanol–water partition coefficient (Wildman–Crippen LogP) is 3.57. The summed E-state index contributed by atoms with van der Waals surface area (Å²) in [5.41, 5.74) is 1.57. The molecule has 0 aliphatic carbocycles. The fraction of sp³-hybridized carbons (Fsp3) is 0.435. The minimum absolute atomic E-state index is 0.0349. The molecule has 0 unspecified atom stereocenters. The molecule has 2 atom stereocenters. The zero-order chi connectivity index (χ0) is 21.1. The van der Waals surface area contributed by atoms with Crippen LogP contribution in [0.1, 0.15) is 33.6 Å². The van der Waals surface area contributed by atoms with E-state index in [2.05, 4.69) is 51.3 Å². The molecular formula is C23H30N6O. The van der Waals surface area contributed by atoms with Crippen LogP contribution in [-0.4, -0.2) is 46.0 Å². The third kappa shape index (κ3) is 4.40. The number of nitrogens with zero attached hydrogens (tertiary/aromatic N) is 3. The van der Waals surface area contributed by atoms with E-state index in [4.69, 9.17) is 0 Å². The Balaban J connectivity index is 1.47. The van der Waals surface area contributed by atoms with E-state index < -0.39 is 0 Å². The molecule has 1 amide bonds. The number of hydrogen-bond acceptors (Lipinski definition) is 5. The molecule has 0 radical (unpaired) electrons. The van der Waals surface area contributed by atoms with Crippen molar-refractivity contribution in [3.8, 4) is 0 Å². The van der Waals surface area contributed by atoms with Crippen LogP contribution < -0.4 is 15.5 Å². The quantitative estimate of drug-likeness (QED) is 0.603. The Labute approximate surface area is 177 Å². The van der Waals surface area contributed by atoms with Crippen molar-refractivity contribution in [3.63, 3.8) is 0 Å². The molecule has 3 aromatic rings. The predicted molar refractivity (Wildman–Crippen MR) is 121 cm³/mol. The number of rotatable bonds is 5. The van der Waals surface area contributed by atoms with Gasteiger partial charge in [0.1, 0.15) is 23.8 Å². The zero-order valence-corrected chi connectivity index (χ0v) is 17.9. The molecule has 0 saturated carbocycles. The molecule has 1 fully saturated rings. The van der Waals surface area contributed by atoms with Crippen molar-refractivity contribution in [3.05, 3.63) is 48.9 Å². The number of carbonyl (C=O) groups excluding carboxylic acids is 1. The van der Waals surface area contributed by atoms with Crippen molar-refractivity contribution in [2.75, 3.05) is 23.3 Å². The number of hydrogen-bond donors (Lipinski definition) is 3. The van der Waals surface area contributed by atoms with Gasteiger partial charge in [-0.05, 0) is 36.5 Å². The first-order valence-electron chi connectivity index (χ1n) is 10.6. The third-order valence-electron chi connectivity index (χ3n) is 5.61. The highest BCUT2D eigenvalue weighted by atomic mass is 16.2. The van der Waals surface area contributed by atoms with E-state index in [9.17, 15) is 4.79 Å². The molecule has 3 heterocycles. The fourth-order valence-corrected chi connectivity index (χ4v) is 4.06. The molecule has 7 heteroatoms. The summed E-state index contributed by atoms with van der Waals surface area (Å²) in [5.74, 6) is 0.961. The van der Waals surface area contributed by atoms with Crippen LogP contribution in [0.25, 0.3) is 11.0 Å². The summed E-state index contributed by atoms with van der Waals surface area (Å²) in [7, 11) is 0. The molecule has 0 bridgehead atoms. The SMILES string of the molecule is CC(C)(C)[C@@H](Nc1ccccc1)C(=O)N[C@@H]1CCCN(c2ncnc3[nH]ccc23)C1. The Morgan fingerprint density at radius 2 is 2.00 bits per heavy atom. The molecule has 4 rings (SSSR count). The normalized spacial score (nSPS) is 18.2. The highest BCUT2D eigenvalue weighted by Crippen LogP contribution is 2.26. The van der Waals surface area contributed by atoms with Gasteiger partial charge in [-0.25, -0.2) is 9.97 Å². The minimum atomic E-state index is -0.328. The van der Waals surface area contributed by atoms with Gasteiger partial charge in [-0.3, -0.25) is 4.79 Å². The summed E-state index contributed by atoms with van der Waals surface area (Å²) < 4.78 is 0. The molecule has 158 valence electrons. The maximum absolute atomic E-state index is 13.3. The lowest BCUT2D eigenvalue weighted by atomic mass is 9.85. The van der Waals surface area contributed by atoms with Crippen molar-refractivity contribution in [1.82, 2.24) is 20.3 Å². The summed E-state index contributed by atoms with van der Waals surface area (Å²) in [6.45, 7) is 7.93. The van der Waals surface area contributed by atoms with Crippen LogP contribution in [0.3, 0.4) is 0 Å². The number of aromatic amines is 1. The monoisotopic (exact) mass is 406 g/mol. The molecule has 1 aliphatic heterocycles. The summed E-state index contributed by atoms with van der Waals surface area (Å²) >= 11 is 0. The molecule has 0 spiro atoms. The van der Waals surface area contributed by atoms with Crippen LogP contribution in [0.5, 0.6) is 0 Å². The van der Waals surface area contributed by atoms with Gasteiger partial charge in [0.25, 0.3) is 0 Å². The topological polar surface area (TPSA) is 85.9 Å². The van der Waals surface area contributed by atoms with Gasteiger partial charge in [0.05, 0.1) is 5.39 Å². The van der Waals surface area contributed by atoms with Gasteiger partial charge < -0.3 is 20.5 Å². The highest BCUT2D eigenvalue weighted by Gasteiger charge is 2.33. The summed E-state index contributed by atoms with van der Waals surface area (Å²) in [6, 6.07) is 11.7. The van der Waals surface area contributed by atoms with E-state index in [1.54, 1.807) is 6.33 Å². The molecule has 7 nitrogen and oxygen atoms in total. The van der Waals surface area contributed by atoms with Crippen LogP contribution in [-0.2, 0) is 4.79 Å². The Morgan fingerprint density at radius 1 is 1.20 bits per heavy atom. The number of aromatic nitrogens is 3. The van der Waals surface area contributed by atoms with E-state index in [0.717, 1.165) is 48.5 Å². The van der Waals surface area contributed by atoms with Gasteiger partial charge in [-0.2, -0.15) is 0 Å². The summed E-state index contributed by atoms with van der Waals surface area (Å²) in [4.78, 5) is 27.4. The molecule has 2 aromatic heterocycles. The van der Waals surface area contributed by atoms with Crippen molar-refractivity contribution >= 4 is 28.4 Å². The van der Waals surface area contributed by atoms with Crippen LogP contribution in [0.15, 0.2) is 48.9 Å². The maximum atomic E-state index is 13.3. The highest BCUT2D eigenvalue weighted by molar-refractivity contribution is 5.88. The van der Waals surface area contributed by atoms with Crippen LogP contribution in [0.4, 0.5) is 11.5 Å². The number of amides is 1. The number of carbonyl (C=O) groups is 1. The molecule has 1 saturated heterocycles. The van der Waals surface area contributed by atoms with E-state index in [1.807, 2.05) is 42.6 Å². The molecular weight excluding hydrogens is 376 g/mol. The Morgan fingerprint density at radius 3 is 2.77 bits per heavy atom. The molecule has 1 aromatic carbocycles. The van der Waals surface area contributed by atoms with E-state index in [0.29, 0.717) is 0 Å². The first-order valence-corrected chi connectivity index (χ1v) is 10.6. The summed E-state index contributed by atoms with van der Waals surface area (Å²) in [5, 5.41) is 7.73. The van der Waals surface area contributed by atoms with Gasteiger partial charge >= 0.3 is 0 Å². The van der Waals surface area contributed by atoms with Crippen molar-refractivity contribution in [1.29, 1.82) is 0 Å². The van der Waals surface area contributed by atoms with Crippen molar-refractivity contribution in [2.24, 2.45) is 5.41 Å². The zero-order valence-electron chi connectivity index (χ0n) is 17.9. The molecule has 1 aliphatic rings. The average molecular weight is 407 g/mol. The first-order chi connectivity index (χ1) is 14.4. The fourth-order valence-electron chi connectivity index (χ4n) is 4.06. The number of benzene rings is 1. The number of piperidine rings is 1. The number of anilines is 2. The Kier molecular flexibility index (Phi) is 5.61. The van der Waals surface area contributed by atoms with Crippen LogP contribution in [0.2, 0.25) is 0 Å². The lowest BCUT2D eigenvalue weighted by Gasteiger charge is -2.37. The van der Waals surface area contributed by atoms with Gasteiger partial charge in [0.15, 0.2) is 0 Å². The second-order valence-corrected chi connectivity index (χ2v) is 9.04. The lowest BCUT2D eigenvalue weighted by Crippen LogP contribution is -2.54. The third-order valence-corrected chi connectivity index (χ3v) is 5.61. The van der Waals surface area contributed by atoms with Gasteiger partial charge in [0.2, 0.25) is 5.91 Å². The molecule has 30 heavy (non-hydrogen) atoms. The number of H-pyrrole nitrogens is 1. The first kappa shape index (κ1) is 20.2. The number of fused-ring (bicyclic) bond motifs is 1. The lowest BCUT2D eigenvalue weighted by molar-refractivity contribution is -0.124. The van der Waals surface area contributed by atoms with E-state index in [1.165, 1.54) is 0 Å². The largest absolute Gasteiger partial charge is 0.373 e. The number of nitrogens with one attached hydrogen (secondary N) is 3. The van der Waals surface area contributed by atoms with E-state index >= 15 is 0 Å². The van der Waals surface area contributed by atoms with Crippen LogP contribution >= 0.6 is 0 Å². The van der Waals surface area contributed by atoms with Gasteiger partial charge in [-0.1, -0.05) is 39.0 Å². The van der Waals surface area contributed by atoms with Crippen LogP contribution in [0, 0.1) is 5.41 Å². The smallest absolute Gasteiger partial charge is 0.243 e. The second kappa shape index (κ2) is 8.34. The Hall–Kier alpha value is -3.09. The van der Waals surface area contributed by atoms with Gasteiger partial charge in [0, 0.05) is 31.0 Å². The van der Waals surface area contributed by atoms with Crippen molar-refractivity contribution < 1.29 is 4.79 Å². The Bertz CT molecular complexity index is 994.